The maximum Gasteiger partial charge on any atom is 0.305 e. The zero-order chi connectivity index (χ0) is 12.3. The number of benzene rings is 1. The van der Waals surface area contributed by atoms with E-state index in [1.807, 2.05) is 6.07 Å². The normalized spacial score (nSPS) is 10.5. The lowest BCUT2D eigenvalue weighted by atomic mass is 10.0. The number of esters is 1. The predicted molar refractivity (Wildman–Crippen MR) is 66.8 cm³/mol. The second kappa shape index (κ2) is 4.95. The van der Waals surface area contributed by atoms with Crippen molar-refractivity contribution in [1.82, 2.24) is 4.98 Å². The number of aromatic nitrogens is 1. The van der Waals surface area contributed by atoms with Crippen LogP contribution < -0.4 is 0 Å². The summed E-state index contributed by atoms with van der Waals surface area (Å²) in [5.74, 6) is -0.198. The lowest BCUT2D eigenvalue weighted by Gasteiger charge is -2.05. The molecular weight excluding hydrogens is 214 g/mol. The standard InChI is InChI=1S/C14H15NO2/c1-10-3-4-11-7-8-15-13(12(11)9-10)5-6-14(16)17-2/h3-4,7-9H,5-6H2,1-2H3. The quantitative estimate of drug-likeness (QED) is 0.759. The zero-order valence-electron chi connectivity index (χ0n) is 10.1. The van der Waals surface area contributed by atoms with Gasteiger partial charge >= 0.3 is 5.97 Å². The van der Waals surface area contributed by atoms with E-state index in [1.54, 1.807) is 6.20 Å². The molecular formula is C14H15NO2. The van der Waals surface area contributed by atoms with Crippen LogP contribution in [0.15, 0.2) is 30.5 Å². The highest BCUT2D eigenvalue weighted by Crippen LogP contribution is 2.19. The highest BCUT2D eigenvalue weighted by molar-refractivity contribution is 5.85. The zero-order valence-corrected chi connectivity index (χ0v) is 10.1. The SMILES string of the molecule is COC(=O)CCc1nccc2ccc(C)cc12. The summed E-state index contributed by atoms with van der Waals surface area (Å²) in [4.78, 5) is 15.5. The first-order valence-corrected chi connectivity index (χ1v) is 5.62. The number of hydrogen-bond acceptors (Lipinski definition) is 3. The Hall–Kier alpha value is -1.90. The minimum Gasteiger partial charge on any atom is -0.469 e. The summed E-state index contributed by atoms with van der Waals surface area (Å²) < 4.78 is 4.64. The van der Waals surface area contributed by atoms with Gasteiger partial charge in [-0.25, -0.2) is 0 Å². The molecule has 3 heteroatoms. The lowest BCUT2D eigenvalue weighted by Crippen LogP contribution is -2.03. The Balaban J connectivity index is 2.33. The average molecular weight is 229 g/mol. The van der Waals surface area contributed by atoms with Gasteiger partial charge in [-0.1, -0.05) is 17.7 Å². The number of rotatable bonds is 3. The van der Waals surface area contributed by atoms with Crippen molar-refractivity contribution in [1.29, 1.82) is 0 Å². The maximum absolute atomic E-state index is 11.1. The Bertz CT molecular complexity index is 549. The number of pyridine rings is 1. The van der Waals surface area contributed by atoms with E-state index in [-0.39, 0.29) is 5.97 Å². The van der Waals surface area contributed by atoms with Crippen LogP contribution in [0.4, 0.5) is 0 Å². The third kappa shape index (κ3) is 2.61. The molecule has 0 N–H and O–H groups in total. The Morgan fingerprint density at radius 3 is 2.94 bits per heavy atom. The molecule has 0 atom stereocenters. The van der Waals surface area contributed by atoms with Crippen molar-refractivity contribution in [3.8, 4) is 0 Å². The Morgan fingerprint density at radius 1 is 1.35 bits per heavy atom. The van der Waals surface area contributed by atoms with Crippen molar-refractivity contribution < 1.29 is 9.53 Å². The van der Waals surface area contributed by atoms with Gasteiger partial charge in [0.25, 0.3) is 0 Å². The van der Waals surface area contributed by atoms with Crippen LogP contribution in [0.3, 0.4) is 0 Å². The number of ether oxygens (including phenoxy) is 1. The summed E-state index contributed by atoms with van der Waals surface area (Å²) in [5, 5.41) is 2.28. The third-order valence-electron chi connectivity index (χ3n) is 2.80. The largest absolute Gasteiger partial charge is 0.469 e. The number of hydrogen-bond donors (Lipinski definition) is 0. The molecule has 1 aromatic heterocycles. The van der Waals surface area contributed by atoms with Gasteiger partial charge in [-0.05, 0) is 24.4 Å². The summed E-state index contributed by atoms with van der Waals surface area (Å²) in [6.07, 6.45) is 2.77. The molecule has 0 aliphatic carbocycles. The van der Waals surface area contributed by atoms with Gasteiger partial charge in [0, 0.05) is 23.7 Å². The Morgan fingerprint density at radius 2 is 2.18 bits per heavy atom. The fourth-order valence-electron chi connectivity index (χ4n) is 1.86. The summed E-state index contributed by atoms with van der Waals surface area (Å²) in [5.41, 5.74) is 2.15. The minimum absolute atomic E-state index is 0.198. The number of carbonyl (C=O) groups excluding carboxylic acids is 1. The third-order valence-corrected chi connectivity index (χ3v) is 2.80. The molecule has 0 fully saturated rings. The van der Waals surface area contributed by atoms with Crippen LogP contribution in [0.5, 0.6) is 0 Å². The van der Waals surface area contributed by atoms with Gasteiger partial charge in [-0.15, -0.1) is 0 Å². The van der Waals surface area contributed by atoms with Crippen LogP contribution in [0.2, 0.25) is 0 Å². The van der Waals surface area contributed by atoms with Crippen LogP contribution >= 0.6 is 0 Å². The maximum atomic E-state index is 11.1. The van der Waals surface area contributed by atoms with Crippen molar-refractivity contribution in [2.45, 2.75) is 19.8 Å². The molecule has 0 amide bonds. The number of nitrogens with zero attached hydrogens (tertiary/aromatic N) is 1. The average Bonchev–Trinajstić information content (AvgIpc) is 2.35. The fraction of sp³-hybridized carbons (Fsp3) is 0.286. The lowest BCUT2D eigenvalue weighted by molar-refractivity contribution is -0.140. The molecule has 0 saturated heterocycles. The van der Waals surface area contributed by atoms with Crippen molar-refractivity contribution in [2.75, 3.05) is 7.11 Å². The number of fused-ring (bicyclic) bond motifs is 1. The van der Waals surface area contributed by atoms with E-state index in [4.69, 9.17) is 0 Å². The van der Waals surface area contributed by atoms with E-state index in [2.05, 4.69) is 34.8 Å². The van der Waals surface area contributed by atoms with E-state index in [0.29, 0.717) is 12.8 Å². The highest BCUT2D eigenvalue weighted by atomic mass is 16.5. The van der Waals surface area contributed by atoms with Gasteiger partial charge in [0.2, 0.25) is 0 Å². The van der Waals surface area contributed by atoms with Crippen LogP contribution in [0, 0.1) is 6.92 Å². The van der Waals surface area contributed by atoms with Crippen LogP contribution in [0.25, 0.3) is 10.8 Å². The molecule has 3 nitrogen and oxygen atoms in total. The Labute approximate surface area is 100 Å². The first-order valence-electron chi connectivity index (χ1n) is 5.62. The van der Waals surface area contributed by atoms with Crippen molar-refractivity contribution >= 4 is 16.7 Å². The van der Waals surface area contributed by atoms with Crippen LogP contribution in [0.1, 0.15) is 17.7 Å². The van der Waals surface area contributed by atoms with Gasteiger partial charge in [0.15, 0.2) is 0 Å². The predicted octanol–water partition coefficient (Wildman–Crippen LogP) is 2.65. The van der Waals surface area contributed by atoms with Crippen molar-refractivity contribution in [2.24, 2.45) is 0 Å². The molecule has 0 aliphatic rings. The monoisotopic (exact) mass is 229 g/mol. The van der Waals surface area contributed by atoms with Gasteiger partial charge < -0.3 is 4.74 Å². The van der Waals surface area contributed by atoms with Crippen LogP contribution in [-0.4, -0.2) is 18.1 Å². The number of methoxy groups -OCH3 is 1. The second-order valence-electron chi connectivity index (χ2n) is 4.06. The molecule has 0 aliphatic heterocycles. The molecule has 0 bridgehead atoms. The van der Waals surface area contributed by atoms with Gasteiger partial charge in [-0.3, -0.25) is 9.78 Å². The summed E-state index contributed by atoms with van der Waals surface area (Å²) in [6.45, 7) is 2.05. The summed E-state index contributed by atoms with van der Waals surface area (Å²) >= 11 is 0. The Kier molecular flexibility index (Phi) is 3.38. The second-order valence-corrected chi connectivity index (χ2v) is 4.06. The van der Waals surface area contributed by atoms with E-state index in [9.17, 15) is 4.79 Å². The van der Waals surface area contributed by atoms with E-state index in [0.717, 1.165) is 16.5 Å². The number of carbonyl (C=O) groups is 1. The molecule has 0 spiro atoms. The highest BCUT2D eigenvalue weighted by Gasteiger charge is 2.06. The topological polar surface area (TPSA) is 39.2 Å². The van der Waals surface area contributed by atoms with Crippen molar-refractivity contribution in [3.63, 3.8) is 0 Å². The first kappa shape index (κ1) is 11.6. The van der Waals surface area contributed by atoms with Gasteiger partial charge in [-0.2, -0.15) is 0 Å². The molecule has 1 heterocycles. The van der Waals surface area contributed by atoms with Gasteiger partial charge in [0.05, 0.1) is 13.5 Å². The first-order chi connectivity index (χ1) is 8.20. The molecule has 2 rings (SSSR count). The summed E-state index contributed by atoms with van der Waals surface area (Å²) in [7, 11) is 1.41. The molecule has 88 valence electrons. The van der Waals surface area contributed by atoms with E-state index >= 15 is 0 Å². The van der Waals surface area contributed by atoms with E-state index in [1.165, 1.54) is 12.7 Å². The van der Waals surface area contributed by atoms with Gasteiger partial charge in [0.1, 0.15) is 0 Å². The molecule has 1 aromatic carbocycles. The summed E-state index contributed by atoms with van der Waals surface area (Å²) in [6, 6.07) is 8.24. The minimum atomic E-state index is -0.198. The molecule has 0 radical (unpaired) electrons. The molecule has 17 heavy (non-hydrogen) atoms. The molecule has 0 unspecified atom stereocenters. The number of aryl methyl sites for hydroxylation is 2. The smallest absolute Gasteiger partial charge is 0.305 e. The van der Waals surface area contributed by atoms with E-state index < -0.39 is 0 Å². The molecule has 0 saturated carbocycles. The fourth-order valence-corrected chi connectivity index (χ4v) is 1.86. The molecule has 2 aromatic rings. The van der Waals surface area contributed by atoms with Crippen LogP contribution in [-0.2, 0) is 16.0 Å². The van der Waals surface area contributed by atoms with Crippen molar-refractivity contribution in [3.05, 3.63) is 41.7 Å².